The van der Waals surface area contributed by atoms with E-state index >= 15 is 0 Å². The summed E-state index contributed by atoms with van der Waals surface area (Å²) in [6.45, 7) is 1.30. The summed E-state index contributed by atoms with van der Waals surface area (Å²) in [4.78, 5) is 23.3. The first-order valence-corrected chi connectivity index (χ1v) is 6.68. The van der Waals surface area contributed by atoms with Gasteiger partial charge in [0.2, 0.25) is 0 Å². The molecule has 1 atom stereocenters. The van der Waals surface area contributed by atoms with E-state index in [2.05, 4.69) is 10.6 Å². The smallest absolute Gasteiger partial charge is 0.262 e. The maximum atomic E-state index is 12.2. The third-order valence-corrected chi connectivity index (χ3v) is 3.37. The lowest BCUT2D eigenvalue weighted by molar-refractivity contribution is -0.118. The molecule has 1 aromatic carbocycles. The summed E-state index contributed by atoms with van der Waals surface area (Å²) in [7, 11) is 0. The molecule has 1 unspecified atom stereocenters. The zero-order valence-corrected chi connectivity index (χ0v) is 11.0. The fourth-order valence-electron chi connectivity index (χ4n) is 2.34. The predicted molar refractivity (Wildman–Crippen MR) is 71.9 cm³/mol. The van der Waals surface area contributed by atoms with Crippen molar-refractivity contribution in [3.63, 3.8) is 0 Å². The van der Waals surface area contributed by atoms with Crippen molar-refractivity contribution in [2.45, 2.75) is 18.9 Å². The van der Waals surface area contributed by atoms with Crippen LogP contribution in [0.4, 0.5) is 5.69 Å². The zero-order valence-electron chi connectivity index (χ0n) is 11.0. The molecule has 6 heteroatoms. The Balaban J connectivity index is 1.70. The molecular formula is C14H16N2O4. The van der Waals surface area contributed by atoms with Crippen LogP contribution in [0.3, 0.4) is 0 Å². The monoisotopic (exact) mass is 276 g/mol. The van der Waals surface area contributed by atoms with E-state index in [-0.39, 0.29) is 24.5 Å². The van der Waals surface area contributed by atoms with Crippen molar-refractivity contribution in [2.75, 3.05) is 25.1 Å². The van der Waals surface area contributed by atoms with Gasteiger partial charge in [-0.25, -0.2) is 0 Å². The lowest BCUT2D eigenvalue weighted by atomic mass is 10.1. The van der Waals surface area contributed by atoms with Gasteiger partial charge in [-0.3, -0.25) is 9.59 Å². The van der Waals surface area contributed by atoms with Crippen LogP contribution in [-0.4, -0.2) is 37.7 Å². The van der Waals surface area contributed by atoms with Crippen molar-refractivity contribution in [1.29, 1.82) is 0 Å². The van der Waals surface area contributed by atoms with E-state index in [0.717, 1.165) is 19.4 Å². The highest BCUT2D eigenvalue weighted by atomic mass is 16.5. The SMILES string of the molecule is O=C1COc2cc(C(=O)NC3CCCOC3)ccc2N1. The number of carbonyl (C=O) groups excluding carboxylic acids is 2. The van der Waals surface area contributed by atoms with Crippen molar-refractivity contribution in [3.8, 4) is 5.75 Å². The number of anilines is 1. The van der Waals surface area contributed by atoms with E-state index in [9.17, 15) is 9.59 Å². The molecule has 2 aliphatic rings. The van der Waals surface area contributed by atoms with Crippen LogP contribution in [0.2, 0.25) is 0 Å². The largest absolute Gasteiger partial charge is 0.482 e. The standard InChI is InChI=1S/C14H16N2O4/c17-13-8-20-12-6-9(3-4-11(12)16-13)14(18)15-10-2-1-5-19-7-10/h3-4,6,10H,1-2,5,7-8H2,(H,15,18)(H,16,17). The number of hydrogen-bond acceptors (Lipinski definition) is 4. The average molecular weight is 276 g/mol. The van der Waals surface area contributed by atoms with Crippen molar-refractivity contribution in [2.24, 2.45) is 0 Å². The summed E-state index contributed by atoms with van der Waals surface area (Å²) in [6, 6.07) is 5.06. The van der Waals surface area contributed by atoms with Crippen LogP contribution in [0.15, 0.2) is 18.2 Å². The molecule has 106 valence electrons. The van der Waals surface area contributed by atoms with Crippen LogP contribution in [0.1, 0.15) is 23.2 Å². The van der Waals surface area contributed by atoms with Gasteiger partial charge >= 0.3 is 0 Å². The first-order chi connectivity index (χ1) is 9.72. The highest BCUT2D eigenvalue weighted by molar-refractivity contribution is 5.99. The minimum Gasteiger partial charge on any atom is -0.482 e. The topological polar surface area (TPSA) is 76.7 Å². The van der Waals surface area contributed by atoms with Gasteiger partial charge in [-0.1, -0.05) is 0 Å². The highest BCUT2D eigenvalue weighted by Crippen LogP contribution is 2.28. The molecule has 6 nitrogen and oxygen atoms in total. The minimum absolute atomic E-state index is 0.0193. The molecule has 2 aliphatic heterocycles. The summed E-state index contributed by atoms with van der Waals surface area (Å²) in [5.41, 5.74) is 1.12. The maximum Gasteiger partial charge on any atom is 0.262 e. The van der Waals surface area contributed by atoms with Gasteiger partial charge in [-0.2, -0.15) is 0 Å². The second-order valence-corrected chi connectivity index (χ2v) is 4.94. The number of carbonyl (C=O) groups is 2. The van der Waals surface area contributed by atoms with E-state index in [1.165, 1.54) is 0 Å². The number of amides is 2. The fourth-order valence-corrected chi connectivity index (χ4v) is 2.34. The Kier molecular flexibility index (Phi) is 3.56. The normalized spacial score (nSPS) is 21.4. The average Bonchev–Trinajstić information content (AvgIpc) is 2.47. The molecule has 0 aromatic heterocycles. The summed E-state index contributed by atoms with van der Waals surface area (Å²) >= 11 is 0. The third-order valence-electron chi connectivity index (χ3n) is 3.37. The van der Waals surface area contributed by atoms with Crippen LogP contribution in [-0.2, 0) is 9.53 Å². The van der Waals surface area contributed by atoms with Crippen LogP contribution in [0, 0.1) is 0 Å². The van der Waals surface area contributed by atoms with Crippen molar-refractivity contribution in [3.05, 3.63) is 23.8 Å². The molecule has 1 fully saturated rings. The van der Waals surface area contributed by atoms with Gasteiger partial charge in [0.15, 0.2) is 6.61 Å². The van der Waals surface area contributed by atoms with Gasteiger partial charge in [0.05, 0.1) is 18.3 Å². The Labute approximate surface area is 116 Å². The van der Waals surface area contributed by atoms with E-state index in [1.807, 2.05) is 0 Å². The van der Waals surface area contributed by atoms with E-state index in [0.29, 0.717) is 23.6 Å². The Morgan fingerprint density at radius 3 is 3.10 bits per heavy atom. The Bertz CT molecular complexity index is 538. The second kappa shape index (κ2) is 5.50. The van der Waals surface area contributed by atoms with Gasteiger partial charge in [-0.05, 0) is 31.0 Å². The molecule has 3 rings (SSSR count). The second-order valence-electron chi connectivity index (χ2n) is 4.94. The lowest BCUT2D eigenvalue weighted by Gasteiger charge is -2.23. The Morgan fingerprint density at radius 1 is 1.40 bits per heavy atom. The quantitative estimate of drug-likeness (QED) is 0.842. The molecule has 2 amide bonds. The van der Waals surface area contributed by atoms with Crippen LogP contribution in [0.25, 0.3) is 0 Å². The summed E-state index contributed by atoms with van der Waals surface area (Å²) in [6.07, 6.45) is 1.90. The van der Waals surface area contributed by atoms with Gasteiger partial charge in [0.25, 0.3) is 11.8 Å². The van der Waals surface area contributed by atoms with E-state index < -0.39 is 0 Å². The van der Waals surface area contributed by atoms with E-state index in [4.69, 9.17) is 9.47 Å². The number of hydrogen-bond donors (Lipinski definition) is 2. The van der Waals surface area contributed by atoms with Gasteiger partial charge in [0, 0.05) is 12.2 Å². The molecular weight excluding hydrogens is 260 g/mol. The molecule has 0 spiro atoms. The van der Waals surface area contributed by atoms with Gasteiger partial charge < -0.3 is 20.1 Å². The number of rotatable bonds is 2. The first kappa shape index (κ1) is 12.9. The van der Waals surface area contributed by atoms with Gasteiger partial charge in [0.1, 0.15) is 5.75 Å². The molecule has 0 bridgehead atoms. The zero-order chi connectivity index (χ0) is 13.9. The molecule has 2 N–H and O–H groups in total. The van der Waals surface area contributed by atoms with Crippen molar-refractivity contribution >= 4 is 17.5 Å². The van der Waals surface area contributed by atoms with Gasteiger partial charge in [-0.15, -0.1) is 0 Å². The third kappa shape index (κ3) is 2.75. The summed E-state index contributed by atoms with van der Waals surface area (Å²) in [5.74, 6) is 0.190. The number of ether oxygens (including phenoxy) is 2. The molecule has 1 saturated heterocycles. The lowest BCUT2D eigenvalue weighted by Crippen LogP contribution is -2.40. The fraction of sp³-hybridized carbons (Fsp3) is 0.429. The van der Waals surface area contributed by atoms with Crippen molar-refractivity contribution < 1.29 is 19.1 Å². The highest BCUT2D eigenvalue weighted by Gasteiger charge is 2.20. The summed E-state index contributed by atoms with van der Waals surface area (Å²) < 4.78 is 10.6. The Morgan fingerprint density at radius 2 is 2.30 bits per heavy atom. The Hall–Kier alpha value is -2.08. The van der Waals surface area contributed by atoms with Crippen LogP contribution >= 0.6 is 0 Å². The van der Waals surface area contributed by atoms with Crippen molar-refractivity contribution in [1.82, 2.24) is 5.32 Å². The molecule has 2 heterocycles. The molecule has 0 radical (unpaired) electrons. The first-order valence-electron chi connectivity index (χ1n) is 6.68. The molecule has 20 heavy (non-hydrogen) atoms. The molecule has 0 aliphatic carbocycles. The van der Waals surface area contributed by atoms with Crippen LogP contribution in [0.5, 0.6) is 5.75 Å². The van der Waals surface area contributed by atoms with Crippen LogP contribution < -0.4 is 15.4 Å². The number of nitrogens with one attached hydrogen (secondary N) is 2. The minimum atomic E-state index is -0.186. The van der Waals surface area contributed by atoms with E-state index in [1.54, 1.807) is 18.2 Å². The molecule has 1 aromatic rings. The predicted octanol–water partition coefficient (Wildman–Crippen LogP) is 0.926. The molecule has 0 saturated carbocycles. The number of benzene rings is 1. The number of fused-ring (bicyclic) bond motifs is 1. The summed E-state index contributed by atoms with van der Waals surface area (Å²) in [5, 5.41) is 5.64. The maximum absolute atomic E-state index is 12.2.